The van der Waals surface area contributed by atoms with Crippen molar-refractivity contribution < 1.29 is 37.3 Å². The summed E-state index contributed by atoms with van der Waals surface area (Å²) in [5.74, 6) is -2.92. The number of nitrogens with zero attached hydrogens (tertiary/aromatic N) is 1. The number of aliphatic hydroxyl groups is 1. The number of hydrogen-bond acceptors (Lipinski definition) is 6. The molecule has 2 bridgehead atoms. The SMILES string of the molecule is CN1CC[C@]23c4c5ccc(OC(=O)C(F)(F)F)c4O[C@H]2C(=O)CC[C@@]3(O)[C@H]1C5. The minimum Gasteiger partial charge on any atom is -0.477 e. The van der Waals surface area contributed by atoms with E-state index in [9.17, 15) is 27.9 Å². The smallest absolute Gasteiger partial charge is 0.477 e. The van der Waals surface area contributed by atoms with Crippen LogP contribution in [0.3, 0.4) is 0 Å². The lowest BCUT2D eigenvalue weighted by Gasteiger charge is -2.61. The van der Waals surface area contributed by atoms with Crippen LogP contribution < -0.4 is 9.47 Å². The molecule has 1 aromatic rings. The molecule has 2 fully saturated rings. The molecule has 2 aliphatic heterocycles. The number of ether oxygens (including phenoxy) is 2. The van der Waals surface area contributed by atoms with Gasteiger partial charge in [-0.1, -0.05) is 6.07 Å². The van der Waals surface area contributed by atoms with E-state index < -0.39 is 29.3 Å². The van der Waals surface area contributed by atoms with Crippen molar-refractivity contribution in [3.05, 3.63) is 23.3 Å². The molecule has 150 valence electrons. The molecule has 4 atom stereocenters. The molecule has 1 N–H and O–H groups in total. The van der Waals surface area contributed by atoms with Gasteiger partial charge in [0.05, 0.1) is 11.0 Å². The van der Waals surface area contributed by atoms with E-state index in [1.807, 2.05) is 7.05 Å². The summed E-state index contributed by atoms with van der Waals surface area (Å²) < 4.78 is 48.5. The maximum absolute atomic E-state index is 12.7. The van der Waals surface area contributed by atoms with E-state index in [2.05, 4.69) is 9.64 Å². The molecular weight excluding hydrogens is 379 g/mol. The number of carbonyl (C=O) groups is 2. The number of hydrogen-bond donors (Lipinski definition) is 1. The van der Waals surface area contributed by atoms with Crippen LogP contribution in [0.5, 0.6) is 11.5 Å². The van der Waals surface area contributed by atoms with Gasteiger partial charge in [0.1, 0.15) is 0 Å². The zero-order chi connectivity index (χ0) is 20.1. The summed E-state index contributed by atoms with van der Waals surface area (Å²) in [6.45, 7) is 0.617. The van der Waals surface area contributed by atoms with Crippen LogP contribution in [-0.4, -0.2) is 59.3 Å². The minimum absolute atomic E-state index is 0.0169. The second kappa shape index (κ2) is 5.27. The number of halogens is 3. The second-order valence-electron chi connectivity index (χ2n) is 8.12. The summed E-state index contributed by atoms with van der Waals surface area (Å²) in [5.41, 5.74) is -0.919. The highest BCUT2D eigenvalue weighted by molar-refractivity contribution is 5.90. The molecule has 2 aliphatic carbocycles. The average Bonchev–Trinajstić information content (AvgIpc) is 2.97. The van der Waals surface area contributed by atoms with Crippen LogP contribution in [0.4, 0.5) is 13.2 Å². The monoisotopic (exact) mass is 397 g/mol. The van der Waals surface area contributed by atoms with Crippen molar-refractivity contribution in [3.63, 3.8) is 0 Å². The van der Waals surface area contributed by atoms with Crippen LogP contribution >= 0.6 is 0 Å². The summed E-state index contributed by atoms with van der Waals surface area (Å²) >= 11 is 0. The van der Waals surface area contributed by atoms with Gasteiger partial charge in [0.2, 0.25) is 0 Å². The van der Waals surface area contributed by atoms with Gasteiger partial charge in [-0.2, -0.15) is 13.2 Å². The first kappa shape index (κ1) is 17.9. The van der Waals surface area contributed by atoms with Gasteiger partial charge in [-0.15, -0.1) is 0 Å². The van der Waals surface area contributed by atoms with Crippen LogP contribution in [-0.2, 0) is 21.4 Å². The van der Waals surface area contributed by atoms with Crippen molar-refractivity contribution in [1.29, 1.82) is 0 Å². The standard InChI is InChI=1S/C19H18F3NO5/c1-23-7-6-17-13-9-2-3-11(27-16(25)19(20,21)22)14(13)28-15(17)10(24)4-5-18(17,26)12(23)8-9/h2-3,12,15,26H,4-8H2,1H3/t12-,15+,17+,18-/m1/s1. The highest BCUT2D eigenvalue weighted by Gasteiger charge is 2.72. The number of likely N-dealkylation sites (tertiary alicyclic amines) is 1. The lowest BCUT2D eigenvalue weighted by atomic mass is 9.49. The largest absolute Gasteiger partial charge is 0.491 e. The Morgan fingerprint density at radius 3 is 2.82 bits per heavy atom. The van der Waals surface area contributed by atoms with Crippen LogP contribution in [0.15, 0.2) is 12.1 Å². The summed E-state index contributed by atoms with van der Waals surface area (Å²) in [6.07, 6.45) is -4.82. The molecule has 0 radical (unpaired) electrons. The average molecular weight is 397 g/mol. The fraction of sp³-hybridized carbons (Fsp3) is 0.579. The van der Waals surface area contributed by atoms with E-state index in [4.69, 9.17) is 4.74 Å². The van der Waals surface area contributed by atoms with Gasteiger partial charge in [-0.05, 0) is 44.5 Å². The molecule has 1 saturated carbocycles. The normalized spacial score (nSPS) is 36.0. The van der Waals surface area contributed by atoms with E-state index in [-0.39, 0.29) is 36.2 Å². The Kier molecular flexibility index (Phi) is 3.37. The Morgan fingerprint density at radius 1 is 1.36 bits per heavy atom. The molecule has 0 unspecified atom stereocenters. The molecule has 5 rings (SSSR count). The Morgan fingerprint density at radius 2 is 2.11 bits per heavy atom. The van der Waals surface area contributed by atoms with Crippen molar-refractivity contribution in [2.75, 3.05) is 13.6 Å². The fourth-order valence-corrected chi connectivity index (χ4v) is 5.76. The molecule has 0 amide bonds. The third kappa shape index (κ3) is 1.96. The maximum atomic E-state index is 12.7. The van der Waals surface area contributed by atoms with E-state index in [1.165, 1.54) is 6.07 Å². The molecule has 1 spiro atoms. The zero-order valence-electron chi connectivity index (χ0n) is 15.0. The predicted octanol–water partition coefficient (Wildman–Crippen LogP) is 1.51. The topological polar surface area (TPSA) is 76.1 Å². The molecular formula is C19H18F3NO5. The lowest BCUT2D eigenvalue weighted by molar-refractivity contribution is -0.189. The Hall–Kier alpha value is -2.13. The van der Waals surface area contributed by atoms with Gasteiger partial charge in [-0.3, -0.25) is 4.79 Å². The third-order valence-electron chi connectivity index (χ3n) is 6.94. The minimum atomic E-state index is -5.15. The number of ketones is 1. The molecule has 1 saturated heterocycles. The van der Waals surface area contributed by atoms with Crippen LogP contribution in [0.25, 0.3) is 0 Å². The summed E-state index contributed by atoms with van der Waals surface area (Å²) in [7, 11) is 1.92. The van der Waals surface area contributed by atoms with Crippen molar-refractivity contribution in [1.82, 2.24) is 4.90 Å². The summed E-state index contributed by atoms with van der Waals surface area (Å²) in [5, 5.41) is 11.7. The van der Waals surface area contributed by atoms with Gasteiger partial charge in [0.25, 0.3) is 0 Å². The maximum Gasteiger partial charge on any atom is 0.491 e. The van der Waals surface area contributed by atoms with Crippen molar-refractivity contribution in [2.24, 2.45) is 0 Å². The van der Waals surface area contributed by atoms with Gasteiger partial charge in [0, 0.05) is 18.0 Å². The van der Waals surface area contributed by atoms with E-state index in [1.54, 1.807) is 6.07 Å². The van der Waals surface area contributed by atoms with Gasteiger partial charge >= 0.3 is 12.1 Å². The quantitative estimate of drug-likeness (QED) is 0.572. The summed E-state index contributed by atoms with van der Waals surface area (Å²) in [4.78, 5) is 26.1. The second-order valence-corrected chi connectivity index (χ2v) is 8.12. The number of carbonyl (C=O) groups excluding carboxylic acids is 2. The fourth-order valence-electron chi connectivity index (χ4n) is 5.76. The van der Waals surface area contributed by atoms with Crippen LogP contribution in [0.1, 0.15) is 30.4 Å². The number of Topliss-reactive ketones (excluding diaryl/α,β-unsaturated/α-hetero) is 1. The number of rotatable bonds is 1. The molecule has 0 aromatic heterocycles. The molecule has 28 heavy (non-hydrogen) atoms. The number of piperidine rings is 1. The molecule has 2 heterocycles. The Bertz CT molecular complexity index is 916. The number of esters is 1. The Balaban J connectivity index is 1.71. The number of alkyl halides is 3. The van der Waals surface area contributed by atoms with Gasteiger partial charge < -0.3 is 19.5 Å². The molecule has 6 nitrogen and oxygen atoms in total. The first-order chi connectivity index (χ1) is 13.1. The van der Waals surface area contributed by atoms with Crippen LogP contribution in [0.2, 0.25) is 0 Å². The molecule has 9 heteroatoms. The number of benzene rings is 1. The third-order valence-corrected chi connectivity index (χ3v) is 6.94. The zero-order valence-corrected chi connectivity index (χ0v) is 15.0. The highest BCUT2D eigenvalue weighted by Crippen LogP contribution is 2.64. The lowest BCUT2D eigenvalue weighted by Crippen LogP contribution is -2.76. The predicted molar refractivity (Wildman–Crippen MR) is 88.2 cm³/mol. The Labute approximate surface area is 158 Å². The van der Waals surface area contributed by atoms with E-state index in [0.29, 0.717) is 24.9 Å². The van der Waals surface area contributed by atoms with Crippen molar-refractivity contribution in [3.8, 4) is 11.5 Å². The highest BCUT2D eigenvalue weighted by atomic mass is 19.4. The van der Waals surface area contributed by atoms with Gasteiger partial charge in [-0.25, -0.2) is 4.79 Å². The van der Waals surface area contributed by atoms with E-state index >= 15 is 0 Å². The van der Waals surface area contributed by atoms with Crippen molar-refractivity contribution >= 4 is 11.8 Å². The molecule has 1 aromatic carbocycles. The van der Waals surface area contributed by atoms with E-state index in [0.717, 1.165) is 5.56 Å². The molecule has 4 aliphatic rings. The summed E-state index contributed by atoms with van der Waals surface area (Å²) in [6, 6.07) is 2.66. The van der Waals surface area contributed by atoms with Gasteiger partial charge in [0.15, 0.2) is 23.4 Å². The van der Waals surface area contributed by atoms with Crippen LogP contribution in [0, 0.1) is 0 Å². The first-order valence-corrected chi connectivity index (χ1v) is 9.17. The van der Waals surface area contributed by atoms with Crippen molar-refractivity contribution in [2.45, 2.75) is 55.0 Å². The number of likely N-dealkylation sites (N-methyl/N-ethyl adjacent to an activating group) is 1. The first-order valence-electron chi connectivity index (χ1n) is 9.17.